The van der Waals surface area contributed by atoms with Crippen LogP contribution in [0.2, 0.25) is 0 Å². The summed E-state index contributed by atoms with van der Waals surface area (Å²) in [5, 5.41) is 13.0. The Hall–Kier alpha value is -4.16. The number of nitriles is 1. The number of carbonyl (C=O) groups excluding carboxylic acids is 2. The van der Waals surface area contributed by atoms with Crippen molar-refractivity contribution in [3.63, 3.8) is 0 Å². The zero-order valence-corrected chi connectivity index (χ0v) is 19.7. The molecule has 0 aliphatic rings. The van der Waals surface area contributed by atoms with Gasteiger partial charge in [0.05, 0.1) is 23.9 Å². The minimum atomic E-state index is -0.514. The van der Waals surface area contributed by atoms with Crippen LogP contribution in [0, 0.1) is 11.3 Å². The van der Waals surface area contributed by atoms with Crippen molar-refractivity contribution in [2.24, 2.45) is 5.10 Å². The first-order chi connectivity index (χ1) is 16.5. The molecular weight excluding hydrogens is 502 g/mol. The van der Waals surface area contributed by atoms with E-state index in [0.717, 1.165) is 4.47 Å². The molecule has 0 heterocycles. The molecule has 0 aliphatic heterocycles. The Labute approximate surface area is 204 Å². The average Bonchev–Trinajstić information content (AvgIpc) is 2.85. The monoisotopic (exact) mass is 521 g/mol. The Morgan fingerprint density at radius 2 is 1.79 bits per heavy atom. The molecule has 0 aliphatic carbocycles. The molecule has 9 heteroatoms. The second-order valence-electron chi connectivity index (χ2n) is 6.73. The molecule has 3 aromatic rings. The molecule has 0 radical (unpaired) electrons. The van der Waals surface area contributed by atoms with E-state index in [1.54, 1.807) is 66.7 Å². The largest absolute Gasteiger partial charge is 0.490 e. The summed E-state index contributed by atoms with van der Waals surface area (Å²) in [5.74, 6) is -0.0619. The number of hydrazone groups is 1. The van der Waals surface area contributed by atoms with Gasteiger partial charge in [0.2, 0.25) is 0 Å². The fraction of sp³-hybridized carbons (Fsp3) is 0.120. The third kappa shape index (κ3) is 6.92. The van der Waals surface area contributed by atoms with Crippen molar-refractivity contribution in [1.29, 1.82) is 5.26 Å². The number of benzene rings is 3. The minimum Gasteiger partial charge on any atom is -0.490 e. The third-order valence-corrected chi connectivity index (χ3v) is 4.85. The Morgan fingerprint density at radius 3 is 2.53 bits per heavy atom. The number of esters is 1. The molecule has 3 aromatic carbocycles. The standard InChI is InChI=1S/C25H20BrN3O5/c1-2-32-23-13-17(7-12-22(23)34-25(31)18-8-10-20(26)11-9-18)15-28-29-24(30)16-33-21-6-4-3-5-19(21)14-27/h3-13,15H,2,16H2,1H3,(H,29,30)/b28-15+. The molecule has 3 rings (SSSR count). The van der Waals surface area contributed by atoms with Gasteiger partial charge < -0.3 is 14.2 Å². The van der Waals surface area contributed by atoms with Gasteiger partial charge in [-0.3, -0.25) is 4.79 Å². The van der Waals surface area contributed by atoms with Crippen molar-refractivity contribution in [2.75, 3.05) is 13.2 Å². The highest BCUT2D eigenvalue weighted by molar-refractivity contribution is 9.10. The highest BCUT2D eigenvalue weighted by Gasteiger charge is 2.13. The van der Waals surface area contributed by atoms with E-state index in [0.29, 0.717) is 34.8 Å². The number of para-hydroxylation sites is 1. The van der Waals surface area contributed by atoms with Crippen LogP contribution in [0.4, 0.5) is 0 Å². The van der Waals surface area contributed by atoms with E-state index in [1.165, 1.54) is 6.21 Å². The first kappa shape index (κ1) is 24.5. The summed E-state index contributed by atoms with van der Waals surface area (Å²) < 4.78 is 17.3. The van der Waals surface area contributed by atoms with E-state index >= 15 is 0 Å². The van der Waals surface area contributed by atoms with Gasteiger partial charge in [-0.25, -0.2) is 10.2 Å². The van der Waals surface area contributed by atoms with Crippen molar-refractivity contribution in [3.8, 4) is 23.3 Å². The molecule has 34 heavy (non-hydrogen) atoms. The van der Waals surface area contributed by atoms with E-state index in [9.17, 15) is 9.59 Å². The maximum atomic E-state index is 12.4. The van der Waals surface area contributed by atoms with Crippen LogP contribution in [0.15, 0.2) is 76.3 Å². The van der Waals surface area contributed by atoms with Crippen LogP contribution in [0.1, 0.15) is 28.4 Å². The van der Waals surface area contributed by atoms with Gasteiger partial charge in [0.25, 0.3) is 5.91 Å². The number of carbonyl (C=O) groups is 2. The molecule has 0 aromatic heterocycles. The molecular formula is C25H20BrN3O5. The van der Waals surface area contributed by atoms with Crippen LogP contribution in [-0.4, -0.2) is 31.3 Å². The number of hydrogen-bond acceptors (Lipinski definition) is 7. The van der Waals surface area contributed by atoms with E-state index in [2.05, 4.69) is 26.5 Å². The number of amides is 1. The lowest BCUT2D eigenvalue weighted by molar-refractivity contribution is -0.123. The van der Waals surface area contributed by atoms with Gasteiger partial charge >= 0.3 is 5.97 Å². The number of halogens is 1. The summed E-state index contributed by atoms with van der Waals surface area (Å²) in [7, 11) is 0. The fourth-order valence-electron chi connectivity index (χ4n) is 2.74. The number of ether oxygens (including phenoxy) is 3. The average molecular weight is 522 g/mol. The number of nitrogens with one attached hydrogen (secondary N) is 1. The van der Waals surface area contributed by atoms with Gasteiger partial charge in [0.1, 0.15) is 11.8 Å². The van der Waals surface area contributed by atoms with Crippen molar-refractivity contribution in [2.45, 2.75) is 6.92 Å². The van der Waals surface area contributed by atoms with Crippen LogP contribution in [0.3, 0.4) is 0 Å². The zero-order chi connectivity index (χ0) is 24.3. The highest BCUT2D eigenvalue weighted by Crippen LogP contribution is 2.29. The third-order valence-electron chi connectivity index (χ3n) is 4.32. The van der Waals surface area contributed by atoms with Crippen molar-refractivity contribution >= 4 is 34.0 Å². The first-order valence-electron chi connectivity index (χ1n) is 10.2. The number of rotatable bonds is 9. The number of nitrogens with zero attached hydrogens (tertiary/aromatic N) is 2. The van der Waals surface area contributed by atoms with Crippen LogP contribution in [-0.2, 0) is 4.79 Å². The van der Waals surface area contributed by atoms with Crippen LogP contribution in [0.5, 0.6) is 17.2 Å². The number of hydrogen-bond donors (Lipinski definition) is 1. The van der Waals surface area contributed by atoms with Gasteiger partial charge in [-0.05, 0) is 67.1 Å². The smallest absolute Gasteiger partial charge is 0.343 e. The minimum absolute atomic E-state index is 0.264. The first-order valence-corrected chi connectivity index (χ1v) is 11.0. The molecule has 0 spiro atoms. The van der Waals surface area contributed by atoms with Crippen LogP contribution >= 0.6 is 15.9 Å². The van der Waals surface area contributed by atoms with Gasteiger partial charge in [-0.2, -0.15) is 10.4 Å². The van der Waals surface area contributed by atoms with E-state index in [-0.39, 0.29) is 12.4 Å². The Morgan fingerprint density at radius 1 is 1.03 bits per heavy atom. The van der Waals surface area contributed by atoms with E-state index < -0.39 is 11.9 Å². The SMILES string of the molecule is CCOc1cc(/C=N/NC(=O)COc2ccccc2C#N)ccc1OC(=O)c1ccc(Br)cc1. The summed E-state index contributed by atoms with van der Waals surface area (Å²) in [6.45, 7) is 1.87. The van der Waals surface area contributed by atoms with Crippen molar-refractivity contribution in [1.82, 2.24) is 5.43 Å². The van der Waals surface area contributed by atoms with E-state index in [1.807, 2.05) is 13.0 Å². The summed E-state index contributed by atoms with van der Waals surface area (Å²) in [5.41, 5.74) is 3.71. The molecule has 0 fully saturated rings. The Bertz CT molecular complexity index is 1240. The quantitative estimate of drug-likeness (QED) is 0.192. The van der Waals surface area contributed by atoms with Crippen molar-refractivity contribution < 1.29 is 23.8 Å². The summed E-state index contributed by atoms with van der Waals surface area (Å²) in [6.07, 6.45) is 1.42. The molecule has 0 bridgehead atoms. The summed E-state index contributed by atoms with van der Waals surface area (Å²) >= 11 is 3.33. The highest BCUT2D eigenvalue weighted by atomic mass is 79.9. The molecule has 0 unspecified atom stereocenters. The molecule has 0 atom stereocenters. The van der Waals surface area contributed by atoms with E-state index in [4.69, 9.17) is 19.5 Å². The molecule has 0 saturated carbocycles. The predicted octanol–water partition coefficient (Wildman–Crippen LogP) is 4.47. The van der Waals surface area contributed by atoms with Gasteiger partial charge in [-0.15, -0.1) is 0 Å². The topological polar surface area (TPSA) is 110 Å². The van der Waals surface area contributed by atoms with Gasteiger partial charge in [0.15, 0.2) is 18.1 Å². The summed E-state index contributed by atoms with van der Waals surface area (Å²) in [6, 6.07) is 20.3. The summed E-state index contributed by atoms with van der Waals surface area (Å²) in [4.78, 5) is 24.4. The molecule has 1 N–H and O–H groups in total. The van der Waals surface area contributed by atoms with Crippen LogP contribution < -0.4 is 19.6 Å². The van der Waals surface area contributed by atoms with Crippen molar-refractivity contribution in [3.05, 3.63) is 87.9 Å². The van der Waals surface area contributed by atoms with Gasteiger partial charge in [0, 0.05) is 4.47 Å². The maximum Gasteiger partial charge on any atom is 0.343 e. The lowest BCUT2D eigenvalue weighted by Crippen LogP contribution is -2.24. The second-order valence-corrected chi connectivity index (χ2v) is 7.64. The molecule has 1 amide bonds. The van der Waals surface area contributed by atoms with Gasteiger partial charge in [-0.1, -0.05) is 28.1 Å². The molecule has 8 nitrogen and oxygen atoms in total. The second kappa shape index (κ2) is 12.2. The molecule has 0 saturated heterocycles. The lowest BCUT2D eigenvalue weighted by Gasteiger charge is -2.11. The lowest BCUT2D eigenvalue weighted by atomic mass is 10.2. The fourth-order valence-corrected chi connectivity index (χ4v) is 3.01. The maximum absolute atomic E-state index is 12.4. The zero-order valence-electron chi connectivity index (χ0n) is 18.2. The van der Waals surface area contributed by atoms with Crippen LogP contribution in [0.25, 0.3) is 0 Å². The molecule has 172 valence electrons. The predicted molar refractivity (Wildman–Crippen MR) is 129 cm³/mol. The normalized spacial score (nSPS) is 10.4. The Balaban J connectivity index is 1.60. The Kier molecular flexibility index (Phi) is 8.77.